The maximum Gasteiger partial charge on any atom is 0.261 e. The van der Waals surface area contributed by atoms with E-state index in [0.29, 0.717) is 17.3 Å². The molecule has 1 amide bonds. The van der Waals surface area contributed by atoms with Crippen LogP contribution in [0.5, 0.6) is 5.75 Å². The first-order valence-corrected chi connectivity index (χ1v) is 9.90. The molecule has 27 heavy (non-hydrogen) atoms. The molecule has 1 heterocycles. The summed E-state index contributed by atoms with van der Waals surface area (Å²) in [5.74, 6) is 0.521. The molecule has 0 unspecified atom stereocenters. The number of hydrogen-bond donors (Lipinski definition) is 1. The first-order valence-electron chi connectivity index (χ1n) is 9.52. The highest BCUT2D eigenvalue weighted by molar-refractivity contribution is 6.31. The standard InChI is InChI=1S/C22H27ClN2O2/c1-16-13-20(9-10-21(16)23)27-17(2)22(26)24-14-18-7-3-4-8-19(18)15-25-11-5-6-12-25/h3-4,7-10,13,17H,5-6,11-12,14-15H2,1-2H3,(H,24,26)/t17-/m0/s1. The molecule has 0 saturated carbocycles. The number of likely N-dealkylation sites (tertiary alicyclic amines) is 1. The van der Waals surface area contributed by atoms with E-state index in [1.165, 1.54) is 18.4 Å². The van der Waals surface area contributed by atoms with Gasteiger partial charge in [-0.1, -0.05) is 35.9 Å². The Balaban J connectivity index is 1.55. The minimum atomic E-state index is -0.573. The Hall–Kier alpha value is -2.04. The Morgan fingerprint density at radius 2 is 1.89 bits per heavy atom. The monoisotopic (exact) mass is 386 g/mol. The molecule has 0 aromatic heterocycles. The number of halogens is 1. The third-order valence-corrected chi connectivity index (χ3v) is 5.40. The zero-order valence-corrected chi connectivity index (χ0v) is 16.8. The number of carbonyl (C=O) groups is 1. The lowest BCUT2D eigenvalue weighted by molar-refractivity contribution is -0.127. The van der Waals surface area contributed by atoms with Crippen molar-refractivity contribution >= 4 is 17.5 Å². The van der Waals surface area contributed by atoms with Gasteiger partial charge in [-0.25, -0.2) is 0 Å². The Bertz CT molecular complexity index is 788. The molecular formula is C22H27ClN2O2. The second-order valence-corrected chi connectivity index (χ2v) is 7.55. The van der Waals surface area contributed by atoms with Crippen molar-refractivity contribution in [3.8, 4) is 5.75 Å². The van der Waals surface area contributed by atoms with Crippen molar-refractivity contribution in [2.45, 2.75) is 45.9 Å². The number of nitrogens with zero attached hydrogens (tertiary/aromatic N) is 1. The largest absolute Gasteiger partial charge is 0.481 e. The number of aryl methyl sites for hydroxylation is 1. The Kier molecular flexibility index (Phi) is 6.75. The molecule has 1 atom stereocenters. The lowest BCUT2D eigenvalue weighted by Crippen LogP contribution is -2.36. The summed E-state index contributed by atoms with van der Waals surface area (Å²) in [4.78, 5) is 14.9. The third kappa shape index (κ3) is 5.47. The van der Waals surface area contributed by atoms with Crippen LogP contribution in [-0.4, -0.2) is 30.0 Å². The van der Waals surface area contributed by atoms with Gasteiger partial charge in [-0.05, 0) is 74.7 Å². The SMILES string of the molecule is Cc1cc(O[C@@H](C)C(=O)NCc2ccccc2CN2CCCC2)ccc1Cl. The number of nitrogens with one attached hydrogen (secondary N) is 1. The molecule has 4 nitrogen and oxygen atoms in total. The lowest BCUT2D eigenvalue weighted by atomic mass is 10.1. The molecule has 1 aliphatic rings. The fourth-order valence-corrected chi connectivity index (χ4v) is 3.46. The van der Waals surface area contributed by atoms with Gasteiger partial charge in [0, 0.05) is 18.1 Å². The summed E-state index contributed by atoms with van der Waals surface area (Å²) < 4.78 is 5.76. The zero-order valence-electron chi connectivity index (χ0n) is 16.0. The number of rotatable bonds is 7. The molecule has 1 aliphatic heterocycles. The van der Waals surface area contributed by atoms with E-state index in [1.807, 2.05) is 19.1 Å². The van der Waals surface area contributed by atoms with E-state index >= 15 is 0 Å². The van der Waals surface area contributed by atoms with Crippen LogP contribution in [0.4, 0.5) is 0 Å². The molecule has 144 valence electrons. The van der Waals surface area contributed by atoms with E-state index in [1.54, 1.807) is 19.1 Å². The Labute approximate surface area is 166 Å². The summed E-state index contributed by atoms with van der Waals surface area (Å²) in [5.41, 5.74) is 3.37. The first-order chi connectivity index (χ1) is 13.0. The van der Waals surface area contributed by atoms with Gasteiger partial charge >= 0.3 is 0 Å². The predicted octanol–water partition coefficient (Wildman–Crippen LogP) is 4.33. The van der Waals surface area contributed by atoms with Crippen molar-refractivity contribution in [2.24, 2.45) is 0 Å². The van der Waals surface area contributed by atoms with Gasteiger partial charge in [0.05, 0.1) is 0 Å². The van der Waals surface area contributed by atoms with Crippen LogP contribution >= 0.6 is 11.6 Å². The molecule has 2 aromatic rings. The predicted molar refractivity (Wildman–Crippen MR) is 109 cm³/mol. The van der Waals surface area contributed by atoms with Gasteiger partial charge in [0.15, 0.2) is 6.10 Å². The smallest absolute Gasteiger partial charge is 0.261 e. The third-order valence-electron chi connectivity index (χ3n) is 4.98. The second-order valence-electron chi connectivity index (χ2n) is 7.14. The topological polar surface area (TPSA) is 41.6 Å². The fraction of sp³-hybridized carbons (Fsp3) is 0.409. The molecule has 0 aliphatic carbocycles. The molecule has 0 bridgehead atoms. The Morgan fingerprint density at radius 1 is 1.19 bits per heavy atom. The summed E-state index contributed by atoms with van der Waals surface area (Å²) in [7, 11) is 0. The van der Waals surface area contributed by atoms with E-state index < -0.39 is 6.10 Å². The average molecular weight is 387 g/mol. The van der Waals surface area contributed by atoms with E-state index in [-0.39, 0.29) is 5.91 Å². The van der Waals surface area contributed by atoms with Gasteiger partial charge in [-0.3, -0.25) is 9.69 Å². The molecule has 1 saturated heterocycles. The second kappa shape index (κ2) is 9.25. The summed E-state index contributed by atoms with van der Waals surface area (Å²) in [5, 5.41) is 3.69. The number of amides is 1. The van der Waals surface area contributed by atoms with Crippen LogP contribution in [0.15, 0.2) is 42.5 Å². The van der Waals surface area contributed by atoms with Crippen molar-refractivity contribution < 1.29 is 9.53 Å². The van der Waals surface area contributed by atoms with Crippen LogP contribution in [0.2, 0.25) is 5.02 Å². The van der Waals surface area contributed by atoms with Crippen LogP contribution in [0.1, 0.15) is 36.5 Å². The minimum absolute atomic E-state index is 0.126. The van der Waals surface area contributed by atoms with Gasteiger partial charge in [-0.15, -0.1) is 0 Å². The van der Waals surface area contributed by atoms with Crippen LogP contribution in [0.3, 0.4) is 0 Å². The average Bonchev–Trinajstić information content (AvgIpc) is 3.17. The highest BCUT2D eigenvalue weighted by Crippen LogP contribution is 2.22. The highest BCUT2D eigenvalue weighted by atomic mass is 35.5. The van der Waals surface area contributed by atoms with Gasteiger partial charge < -0.3 is 10.1 Å². The van der Waals surface area contributed by atoms with Crippen LogP contribution in [0, 0.1) is 6.92 Å². The van der Waals surface area contributed by atoms with Gasteiger partial charge in [-0.2, -0.15) is 0 Å². The quantitative estimate of drug-likeness (QED) is 0.770. The summed E-state index contributed by atoms with van der Waals surface area (Å²) in [6, 6.07) is 13.7. The molecule has 5 heteroatoms. The molecule has 0 radical (unpaired) electrons. The number of benzene rings is 2. The van der Waals surface area contributed by atoms with E-state index in [0.717, 1.165) is 30.8 Å². The molecule has 3 rings (SSSR count). The van der Waals surface area contributed by atoms with Crippen LogP contribution in [-0.2, 0) is 17.9 Å². The van der Waals surface area contributed by atoms with Crippen LogP contribution in [0.25, 0.3) is 0 Å². The molecular weight excluding hydrogens is 360 g/mol. The lowest BCUT2D eigenvalue weighted by Gasteiger charge is -2.19. The van der Waals surface area contributed by atoms with E-state index in [9.17, 15) is 4.79 Å². The fourth-order valence-electron chi connectivity index (χ4n) is 3.34. The normalized spacial score (nSPS) is 15.5. The van der Waals surface area contributed by atoms with Crippen molar-refractivity contribution in [1.29, 1.82) is 0 Å². The summed E-state index contributed by atoms with van der Waals surface area (Å²) >= 11 is 6.03. The molecule has 1 N–H and O–H groups in total. The van der Waals surface area contributed by atoms with Gasteiger partial charge in [0.25, 0.3) is 5.91 Å². The van der Waals surface area contributed by atoms with Gasteiger partial charge in [0.1, 0.15) is 5.75 Å². The number of ether oxygens (including phenoxy) is 1. The maximum atomic E-state index is 12.5. The van der Waals surface area contributed by atoms with Crippen molar-refractivity contribution in [2.75, 3.05) is 13.1 Å². The zero-order chi connectivity index (χ0) is 19.2. The first kappa shape index (κ1) is 19.7. The van der Waals surface area contributed by atoms with Crippen LogP contribution < -0.4 is 10.1 Å². The van der Waals surface area contributed by atoms with Crippen molar-refractivity contribution in [3.05, 3.63) is 64.2 Å². The Morgan fingerprint density at radius 3 is 2.59 bits per heavy atom. The number of hydrogen-bond acceptors (Lipinski definition) is 3. The van der Waals surface area contributed by atoms with E-state index in [4.69, 9.17) is 16.3 Å². The van der Waals surface area contributed by atoms with Gasteiger partial charge in [0.2, 0.25) is 0 Å². The molecule has 1 fully saturated rings. The van der Waals surface area contributed by atoms with Crippen molar-refractivity contribution in [3.63, 3.8) is 0 Å². The highest BCUT2D eigenvalue weighted by Gasteiger charge is 2.17. The molecule has 0 spiro atoms. The summed E-state index contributed by atoms with van der Waals surface area (Å²) in [6.45, 7) is 7.45. The van der Waals surface area contributed by atoms with Crippen molar-refractivity contribution in [1.82, 2.24) is 10.2 Å². The minimum Gasteiger partial charge on any atom is -0.481 e. The summed E-state index contributed by atoms with van der Waals surface area (Å²) in [6.07, 6.45) is 1.98. The van der Waals surface area contributed by atoms with E-state index in [2.05, 4.69) is 28.4 Å². The molecule has 2 aromatic carbocycles. The number of carbonyl (C=O) groups excluding carboxylic acids is 1. The maximum absolute atomic E-state index is 12.5.